The van der Waals surface area contributed by atoms with Gasteiger partial charge in [0.25, 0.3) is 5.91 Å². The van der Waals surface area contributed by atoms with Gasteiger partial charge >= 0.3 is 0 Å². The molecule has 1 aromatic carbocycles. The first-order chi connectivity index (χ1) is 7.24. The molecule has 1 rings (SSSR count). The topological polar surface area (TPSA) is 20.3 Å². The second-order valence-electron chi connectivity index (χ2n) is 3.27. The van der Waals surface area contributed by atoms with Gasteiger partial charge < -0.3 is 4.90 Å². The summed E-state index contributed by atoms with van der Waals surface area (Å²) in [6, 6.07) is 7.72. The van der Waals surface area contributed by atoms with Crippen LogP contribution in [0.5, 0.6) is 0 Å². The maximum atomic E-state index is 12.1. The largest absolute Gasteiger partial charge is 0.339 e. The maximum absolute atomic E-state index is 12.1. The maximum Gasteiger partial charge on any atom is 0.254 e. The first-order valence-electron chi connectivity index (χ1n) is 5.17. The summed E-state index contributed by atoms with van der Waals surface area (Å²) in [5.41, 5.74) is 1.85. The van der Waals surface area contributed by atoms with Crippen LogP contribution in [0.2, 0.25) is 0 Å². The van der Waals surface area contributed by atoms with E-state index in [1.54, 1.807) is 0 Å². The molecule has 82 valence electrons. The molecule has 0 bridgehead atoms. The van der Waals surface area contributed by atoms with Gasteiger partial charge in [-0.1, -0.05) is 34.1 Å². The molecule has 0 unspecified atom stereocenters. The lowest BCUT2D eigenvalue weighted by Crippen LogP contribution is -2.31. The van der Waals surface area contributed by atoms with Crippen LogP contribution in [-0.2, 0) is 5.33 Å². The number of nitrogens with zero attached hydrogens (tertiary/aromatic N) is 1. The Balaban J connectivity index is 2.99. The highest BCUT2D eigenvalue weighted by Crippen LogP contribution is 2.14. The molecule has 0 aliphatic rings. The molecule has 0 radical (unpaired) electrons. The summed E-state index contributed by atoms with van der Waals surface area (Å²) in [7, 11) is 0. The third-order valence-corrected chi connectivity index (χ3v) is 3.05. The van der Waals surface area contributed by atoms with E-state index in [4.69, 9.17) is 0 Å². The van der Waals surface area contributed by atoms with E-state index in [0.29, 0.717) is 0 Å². The molecule has 0 N–H and O–H groups in total. The standard InChI is InChI=1S/C12H16BrNO/c1-3-14(4-2)12(15)11-8-6-5-7-10(11)9-13/h5-8H,3-4,9H2,1-2H3. The summed E-state index contributed by atoms with van der Waals surface area (Å²) in [6.07, 6.45) is 0. The van der Waals surface area contributed by atoms with Crippen molar-refractivity contribution < 1.29 is 4.79 Å². The highest BCUT2D eigenvalue weighted by Gasteiger charge is 2.14. The number of hydrogen-bond acceptors (Lipinski definition) is 1. The first kappa shape index (κ1) is 12.2. The smallest absolute Gasteiger partial charge is 0.254 e. The predicted molar refractivity (Wildman–Crippen MR) is 66.3 cm³/mol. The molecule has 0 spiro atoms. The number of halogens is 1. The minimum Gasteiger partial charge on any atom is -0.339 e. The van der Waals surface area contributed by atoms with Crippen LogP contribution in [0.1, 0.15) is 29.8 Å². The van der Waals surface area contributed by atoms with Crippen LogP contribution in [0, 0.1) is 0 Å². The normalized spacial score (nSPS) is 10.1. The molecule has 0 saturated carbocycles. The van der Waals surface area contributed by atoms with Crippen molar-refractivity contribution in [3.05, 3.63) is 35.4 Å². The van der Waals surface area contributed by atoms with Crippen molar-refractivity contribution in [2.75, 3.05) is 13.1 Å². The predicted octanol–water partition coefficient (Wildman–Crippen LogP) is 3.06. The van der Waals surface area contributed by atoms with Gasteiger partial charge in [0.15, 0.2) is 0 Å². The van der Waals surface area contributed by atoms with Gasteiger partial charge in [-0.05, 0) is 25.5 Å². The highest BCUT2D eigenvalue weighted by atomic mass is 79.9. The number of rotatable bonds is 4. The lowest BCUT2D eigenvalue weighted by Gasteiger charge is -2.19. The van der Waals surface area contributed by atoms with Gasteiger partial charge in [-0.25, -0.2) is 0 Å². The molecular formula is C12H16BrNO. The average molecular weight is 270 g/mol. The van der Waals surface area contributed by atoms with Crippen molar-refractivity contribution >= 4 is 21.8 Å². The average Bonchev–Trinajstić information content (AvgIpc) is 2.30. The van der Waals surface area contributed by atoms with E-state index in [-0.39, 0.29) is 5.91 Å². The molecule has 1 aromatic rings. The molecule has 0 fully saturated rings. The minimum atomic E-state index is 0.120. The summed E-state index contributed by atoms with van der Waals surface area (Å²) >= 11 is 3.40. The molecule has 0 atom stereocenters. The summed E-state index contributed by atoms with van der Waals surface area (Å²) in [4.78, 5) is 13.9. The number of amides is 1. The molecule has 1 amide bonds. The fourth-order valence-electron chi connectivity index (χ4n) is 1.53. The summed E-state index contributed by atoms with van der Waals surface area (Å²) < 4.78 is 0. The van der Waals surface area contributed by atoms with Crippen LogP contribution in [0.15, 0.2) is 24.3 Å². The van der Waals surface area contributed by atoms with E-state index >= 15 is 0 Å². The van der Waals surface area contributed by atoms with Gasteiger partial charge in [-0.3, -0.25) is 4.79 Å². The van der Waals surface area contributed by atoms with Gasteiger partial charge in [-0.2, -0.15) is 0 Å². The third-order valence-electron chi connectivity index (χ3n) is 2.44. The van der Waals surface area contributed by atoms with Crippen molar-refractivity contribution in [3.8, 4) is 0 Å². The van der Waals surface area contributed by atoms with Crippen LogP contribution in [-0.4, -0.2) is 23.9 Å². The Bertz CT molecular complexity index is 334. The zero-order valence-corrected chi connectivity index (χ0v) is 10.8. The van der Waals surface area contributed by atoms with Crippen LogP contribution in [0.4, 0.5) is 0 Å². The van der Waals surface area contributed by atoms with Crippen LogP contribution >= 0.6 is 15.9 Å². The highest BCUT2D eigenvalue weighted by molar-refractivity contribution is 9.08. The number of carbonyl (C=O) groups is 1. The van der Waals surface area contributed by atoms with Gasteiger partial charge in [-0.15, -0.1) is 0 Å². The monoisotopic (exact) mass is 269 g/mol. The van der Waals surface area contributed by atoms with Crippen molar-refractivity contribution in [1.82, 2.24) is 4.90 Å². The van der Waals surface area contributed by atoms with Crippen molar-refractivity contribution in [1.29, 1.82) is 0 Å². The van der Waals surface area contributed by atoms with E-state index in [1.807, 2.05) is 43.0 Å². The Labute approximate surface area is 99.4 Å². The number of alkyl halides is 1. The Morgan fingerprint density at radius 1 is 1.27 bits per heavy atom. The lowest BCUT2D eigenvalue weighted by atomic mass is 10.1. The Kier molecular flexibility index (Phi) is 4.82. The third kappa shape index (κ3) is 2.81. The van der Waals surface area contributed by atoms with Gasteiger partial charge in [0.2, 0.25) is 0 Å². The Morgan fingerprint density at radius 3 is 2.40 bits per heavy atom. The Morgan fingerprint density at radius 2 is 1.87 bits per heavy atom. The van der Waals surface area contributed by atoms with E-state index in [9.17, 15) is 4.79 Å². The van der Waals surface area contributed by atoms with E-state index < -0.39 is 0 Å². The fourth-order valence-corrected chi connectivity index (χ4v) is 2.02. The summed E-state index contributed by atoms with van der Waals surface area (Å²) in [5, 5.41) is 0.718. The molecule has 0 heterocycles. The van der Waals surface area contributed by atoms with E-state index in [1.165, 1.54) is 0 Å². The van der Waals surface area contributed by atoms with Crippen molar-refractivity contribution in [2.24, 2.45) is 0 Å². The van der Waals surface area contributed by atoms with Crippen LogP contribution < -0.4 is 0 Å². The van der Waals surface area contributed by atoms with Crippen molar-refractivity contribution in [2.45, 2.75) is 19.2 Å². The SMILES string of the molecule is CCN(CC)C(=O)c1ccccc1CBr. The fraction of sp³-hybridized carbons (Fsp3) is 0.417. The van der Waals surface area contributed by atoms with Crippen molar-refractivity contribution in [3.63, 3.8) is 0 Å². The van der Waals surface area contributed by atoms with E-state index in [0.717, 1.165) is 29.5 Å². The van der Waals surface area contributed by atoms with Gasteiger partial charge in [0.05, 0.1) is 0 Å². The van der Waals surface area contributed by atoms with Crippen LogP contribution in [0.3, 0.4) is 0 Å². The molecule has 3 heteroatoms. The summed E-state index contributed by atoms with van der Waals surface area (Å²) in [6.45, 7) is 5.51. The molecule has 15 heavy (non-hydrogen) atoms. The molecule has 0 saturated heterocycles. The first-order valence-corrected chi connectivity index (χ1v) is 6.29. The summed E-state index contributed by atoms with van der Waals surface area (Å²) in [5.74, 6) is 0.120. The van der Waals surface area contributed by atoms with Gasteiger partial charge in [0, 0.05) is 24.0 Å². The second-order valence-corrected chi connectivity index (χ2v) is 3.83. The molecule has 0 aliphatic heterocycles. The molecule has 0 aliphatic carbocycles. The second kappa shape index (κ2) is 5.91. The number of benzene rings is 1. The zero-order valence-electron chi connectivity index (χ0n) is 9.16. The Hall–Kier alpha value is -0.830. The van der Waals surface area contributed by atoms with Gasteiger partial charge in [0.1, 0.15) is 0 Å². The quantitative estimate of drug-likeness (QED) is 0.770. The minimum absolute atomic E-state index is 0.120. The zero-order chi connectivity index (χ0) is 11.3. The number of hydrogen-bond donors (Lipinski definition) is 0. The van der Waals surface area contributed by atoms with Crippen LogP contribution in [0.25, 0.3) is 0 Å². The molecular weight excluding hydrogens is 254 g/mol. The lowest BCUT2D eigenvalue weighted by molar-refractivity contribution is 0.0772. The van der Waals surface area contributed by atoms with E-state index in [2.05, 4.69) is 15.9 Å². The number of carbonyl (C=O) groups excluding carboxylic acids is 1. The molecule has 0 aromatic heterocycles. The molecule has 2 nitrogen and oxygen atoms in total.